The molecule has 2 aromatic heterocycles. The molecule has 6 aromatic carbocycles. The molecule has 0 radical (unpaired) electrons. The van der Waals surface area contributed by atoms with Crippen molar-refractivity contribution >= 4 is 88.9 Å². The van der Waals surface area contributed by atoms with Gasteiger partial charge in [0.25, 0.3) is 6.71 Å². The molecule has 0 N–H and O–H groups in total. The van der Waals surface area contributed by atoms with Crippen molar-refractivity contribution in [2.24, 2.45) is 0 Å². The van der Waals surface area contributed by atoms with Gasteiger partial charge in [0.2, 0.25) is 0 Å². The van der Waals surface area contributed by atoms with Crippen molar-refractivity contribution in [1.82, 2.24) is 0 Å². The highest BCUT2D eigenvalue weighted by Gasteiger charge is 2.46. The summed E-state index contributed by atoms with van der Waals surface area (Å²) in [5.74, 6) is 0.885. The van der Waals surface area contributed by atoms with E-state index in [0.29, 0.717) is 0 Å². The maximum absolute atomic E-state index is 6.58. The van der Waals surface area contributed by atoms with Gasteiger partial charge in [-0.3, -0.25) is 0 Å². The molecule has 0 amide bonds. The summed E-state index contributed by atoms with van der Waals surface area (Å²) in [5.41, 5.74) is 21.6. The van der Waals surface area contributed by atoms with Crippen LogP contribution < -0.4 is 26.2 Å². The summed E-state index contributed by atoms with van der Waals surface area (Å²) < 4.78 is 7.90. The predicted octanol–water partition coefficient (Wildman–Crippen LogP) is 14.5. The Morgan fingerprint density at radius 3 is 1.67 bits per heavy atom. The lowest BCUT2D eigenvalue weighted by atomic mass is 9.33. The van der Waals surface area contributed by atoms with Crippen LogP contribution in [0.1, 0.15) is 101 Å². The van der Waals surface area contributed by atoms with E-state index in [1.807, 2.05) is 17.4 Å². The molecule has 3 nitrogen and oxygen atoms in total. The maximum atomic E-state index is 6.58. The van der Waals surface area contributed by atoms with Crippen LogP contribution in [0.2, 0.25) is 0 Å². The van der Waals surface area contributed by atoms with Crippen LogP contribution >= 0.6 is 11.3 Å². The molecule has 0 aliphatic carbocycles. The first-order valence-corrected chi connectivity index (χ1v) is 22.8. The Morgan fingerprint density at radius 1 is 0.508 bits per heavy atom. The van der Waals surface area contributed by atoms with Crippen LogP contribution in [0.15, 0.2) is 114 Å². The zero-order valence-electron chi connectivity index (χ0n) is 38.2. The normalized spacial score (nSPS) is 13.9. The number of fused-ring (bicyclic) bond motifs is 7. The zero-order chi connectivity index (χ0) is 43.1. The Kier molecular flexibility index (Phi) is 8.76. The Labute approximate surface area is 367 Å². The SMILES string of the molecule is Cc1cc(C(C)(C)C)cc(C)c1N1c2cc(-c3cc4ccccc4o3)ccc2B2c3c1cccc3N(c1c(C)cc(C(C)(C)C)cc1C)c1sc3ccc(C(C)(C)C)cc3c12. The minimum absolute atomic E-state index is 0.00736. The summed E-state index contributed by atoms with van der Waals surface area (Å²) in [4.78, 5) is 5.23. The molecule has 0 saturated carbocycles. The van der Waals surface area contributed by atoms with Gasteiger partial charge in [-0.15, -0.1) is 11.3 Å². The van der Waals surface area contributed by atoms with Crippen LogP contribution in [-0.4, -0.2) is 6.71 Å². The molecule has 10 rings (SSSR count). The van der Waals surface area contributed by atoms with Crippen LogP contribution in [0.4, 0.5) is 33.4 Å². The Hall–Kier alpha value is -5.52. The van der Waals surface area contributed by atoms with Crippen molar-refractivity contribution in [3.63, 3.8) is 0 Å². The fourth-order valence-corrected chi connectivity index (χ4v) is 11.4. The van der Waals surface area contributed by atoms with E-state index in [1.54, 1.807) is 0 Å². The summed E-state index contributed by atoms with van der Waals surface area (Å²) in [6, 6.07) is 41.6. The van der Waals surface area contributed by atoms with E-state index in [2.05, 4.69) is 203 Å². The molecule has 5 heteroatoms. The molecule has 0 unspecified atom stereocenters. The van der Waals surface area contributed by atoms with Crippen LogP contribution in [0.25, 0.3) is 32.4 Å². The van der Waals surface area contributed by atoms with Gasteiger partial charge in [0.15, 0.2) is 0 Å². The van der Waals surface area contributed by atoms with Crippen molar-refractivity contribution in [1.29, 1.82) is 0 Å². The van der Waals surface area contributed by atoms with Crippen LogP contribution in [0, 0.1) is 27.7 Å². The van der Waals surface area contributed by atoms with Crippen molar-refractivity contribution < 1.29 is 4.42 Å². The van der Waals surface area contributed by atoms with E-state index in [-0.39, 0.29) is 23.0 Å². The zero-order valence-corrected chi connectivity index (χ0v) is 39.0. The first-order valence-electron chi connectivity index (χ1n) is 22.0. The van der Waals surface area contributed by atoms with Gasteiger partial charge >= 0.3 is 0 Å². The van der Waals surface area contributed by atoms with E-state index in [1.165, 1.54) is 98.9 Å². The third-order valence-electron chi connectivity index (χ3n) is 13.3. The molecular weight excluding hydrogens is 760 g/mol. The topological polar surface area (TPSA) is 19.6 Å². The highest BCUT2D eigenvalue weighted by molar-refractivity contribution is 7.26. The number of rotatable bonds is 3. The smallest absolute Gasteiger partial charge is 0.254 e. The molecule has 0 saturated heterocycles. The van der Waals surface area contributed by atoms with Crippen LogP contribution in [0.3, 0.4) is 0 Å². The molecule has 2 aliphatic heterocycles. The number of hydrogen-bond donors (Lipinski definition) is 0. The molecule has 0 bridgehead atoms. The van der Waals surface area contributed by atoms with Crippen molar-refractivity contribution in [2.75, 3.05) is 9.80 Å². The van der Waals surface area contributed by atoms with Crippen LogP contribution in [0.5, 0.6) is 0 Å². The number of benzene rings is 6. The third-order valence-corrected chi connectivity index (χ3v) is 14.5. The predicted molar refractivity (Wildman–Crippen MR) is 266 cm³/mol. The molecule has 2 aliphatic rings. The van der Waals surface area contributed by atoms with Gasteiger partial charge in [-0.05, 0) is 141 Å². The van der Waals surface area contributed by atoms with Crippen molar-refractivity contribution in [2.45, 2.75) is 106 Å². The van der Waals surface area contributed by atoms with E-state index >= 15 is 0 Å². The van der Waals surface area contributed by atoms with E-state index in [0.717, 1.165) is 22.3 Å². The molecule has 306 valence electrons. The Bertz CT molecular complexity index is 3030. The first kappa shape index (κ1) is 39.6. The minimum Gasteiger partial charge on any atom is -0.456 e. The maximum Gasteiger partial charge on any atom is 0.254 e. The highest BCUT2D eigenvalue weighted by atomic mass is 32.1. The Balaban J connectivity index is 1.32. The molecule has 8 aromatic rings. The number of furan rings is 1. The first-order chi connectivity index (χ1) is 28.8. The molecule has 0 spiro atoms. The largest absolute Gasteiger partial charge is 0.456 e. The summed E-state index contributed by atoms with van der Waals surface area (Å²) in [6.07, 6.45) is 0. The molecule has 0 fully saturated rings. The van der Waals surface area contributed by atoms with Gasteiger partial charge < -0.3 is 14.2 Å². The quantitative estimate of drug-likeness (QED) is 0.166. The monoisotopic (exact) mass is 816 g/mol. The molecular formula is C56H57BN2OS. The summed E-state index contributed by atoms with van der Waals surface area (Å²) >= 11 is 1.94. The van der Waals surface area contributed by atoms with Gasteiger partial charge in [0, 0.05) is 32.7 Å². The third kappa shape index (κ3) is 6.21. The summed E-state index contributed by atoms with van der Waals surface area (Å²) in [5, 5.41) is 3.78. The fraction of sp³-hybridized carbons (Fsp3) is 0.286. The van der Waals surface area contributed by atoms with E-state index in [4.69, 9.17) is 4.42 Å². The molecule has 0 atom stereocenters. The number of thiophene rings is 1. The number of anilines is 6. The van der Waals surface area contributed by atoms with Gasteiger partial charge in [0.1, 0.15) is 11.3 Å². The second-order valence-electron chi connectivity index (χ2n) is 20.9. The summed E-state index contributed by atoms with van der Waals surface area (Å²) in [7, 11) is 0. The second-order valence-corrected chi connectivity index (χ2v) is 22.0. The second kappa shape index (κ2) is 13.5. The minimum atomic E-state index is 0.00736. The fourth-order valence-electron chi connectivity index (χ4n) is 10.1. The number of aryl methyl sites for hydroxylation is 4. The lowest BCUT2D eigenvalue weighted by molar-refractivity contribution is 0.589. The van der Waals surface area contributed by atoms with Crippen molar-refractivity contribution in [3.8, 4) is 11.3 Å². The van der Waals surface area contributed by atoms with Gasteiger partial charge in [-0.25, -0.2) is 0 Å². The number of nitrogens with zero attached hydrogens (tertiary/aromatic N) is 2. The average Bonchev–Trinajstić information content (AvgIpc) is 3.79. The average molecular weight is 817 g/mol. The lowest BCUT2D eigenvalue weighted by Crippen LogP contribution is -2.61. The van der Waals surface area contributed by atoms with E-state index in [9.17, 15) is 0 Å². The lowest BCUT2D eigenvalue weighted by Gasteiger charge is -2.44. The molecule has 61 heavy (non-hydrogen) atoms. The standard InChI is InChI=1S/C56H57BN2OS/c1-32-25-39(55(8,9)10)26-33(2)51(32)58-43-18-16-19-44-50(43)57(42-23-21-37(29-45(42)58)47-30-36-17-14-15-20-46(36)60-47)49-41-31-38(54(5,6)7)22-24-48(41)61-53(49)59(44)52-34(3)27-40(28-35(52)4)56(11,12)13/h14-31H,1-13H3. The van der Waals surface area contributed by atoms with E-state index < -0.39 is 0 Å². The summed E-state index contributed by atoms with van der Waals surface area (Å²) in [6.45, 7) is 30.1. The van der Waals surface area contributed by atoms with Crippen LogP contribution in [-0.2, 0) is 16.2 Å². The van der Waals surface area contributed by atoms with Crippen molar-refractivity contribution in [3.05, 3.63) is 148 Å². The Morgan fingerprint density at radius 2 is 1.08 bits per heavy atom. The number of hydrogen-bond acceptors (Lipinski definition) is 4. The van der Waals surface area contributed by atoms with Gasteiger partial charge in [-0.1, -0.05) is 135 Å². The number of para-hydroxylation sites is 1. The van der Waals surface area contributed by atoms with Gasteiger partial charge in [-0.2, -0.15) is 0 Å². The highest BCUT2D eigenvalue weighted by Crippen LogP contribution is 2.51. The van der Waals surface area contributed by atoms with Gasteiger partial charge in [0.05, 0.1) is 16.4 Å². The molecule has 4 heterocycles.